The zero-order valence-electron chi connectivity index (χ0n) is 11.9. The fourth-order valence-electron chi connectivity index (χ4n) is 2.52. The minimum absolute atomic E-state index is 0.0127. The molecule has 6 nitrogen and oxygen atoms in total. The molecule has 0 aliphatic carbocycles. The zero-order valence-corrected chi connectivity index (χ0v) is 11.9. The third kappa shape index (κ3) is 3.77. The van der Waals surface area contributed by atoms with Crippen molar-refractivity contribution in [3.8, 4) is 0 Å². The molecule has 1 aromatic rings. The van der Waals surface area contributed by atoms with E-state index >= 15 is 0 Å². The number of rotatable bonds is 7. The molecule has 110 valence electrons. The maximum absolute atomic E-state index is 11.1. The number of nitrogens with zero attached hydrogens (tertiary/aromatic N) is 2. The van der Waals surface area contributed by atoms with Crippen molar-refractivity contribution in [2.24, 2.45) is 0 Å². The highest BCUT2D eigenvalue weighted by Gasteiger charge is 2.26. The Labute approximate surface area is 118 Å². The predicted octanol–water partition coefficient (Wildman–Crippen LogP) is 2.84. The number of para-hydroxylation sites is 1. The Kier molecular flexibility index (Phi) is 5.64. The molecule has 0 heterocycles. The Bertz CT molecular complexity index is 490. The molecule has 0 aromatic heterocycles. The Morgan fingerprint density at radius 1 is 1.40 bits per heavy atom. The fourth-order valence-corrected chi connectivity index (χ4v) is 2.52. The molecule has 1 rings (SSSR count). The van der Waals surface area contributed by atoms with E-state index in [9.17, 15) is 14.9 Å². The number of carboxylic acid groups (broad SMARTS) is 1. The van der Waals surface area contributed by atoms with Crippen LogP contribution in [0.15, 0.2) is 24.3 Å². The van der Waals surface area contributed by atoms with Crippen LogP contribution in [0.4, 0.5) is 5.69 Å². The number of nitro groups is 1. The monoisotopic (exact) mass is 280 g/mol. The van der Waals surface area contributed by atoms with Crippen LogP contribution in [-0.4, -0.2) is 33.5 Å². The normalized spacial score (nSPS) is 14.0. The van der Waals surface area contributed by atoms with E-state index in [0.29, 0.717) is 12.1 Å². The minimum atomic E-state index is -0.870. The lowest BCUT2D eigenvalue weighted by Crippen LogP contribution is -2.37. The number of benzene rings is 1. The summed E-state index contributed by atoms with van der Waals surface area (Å²) in [5.41, 5.74) is 0.678. The first-order valence-corrected chi connectivity index (χ1v) is 6.59. The Hall–Kier alpha value is -1.95. The molecule has 2 atom stereocenters. The van der Waals surface area contributed by atoms with E-state index < -0.39 is 10.9 Å². The first-order chi connectivity index (χ1) is 9.38. The average molecular weight is 280 g/mol. The highest BCUT2D eigenvalue weighted by molar-refractivity contribution is 5.67. The molecule has 1 aromatic carbocycles. The maximum Gasteiger partial charge on any atom is 0.304 e. The van der Waals surface area contributed by atoms with Gasteiger partial charge in [-0.15, -0.1) is 0 Å². The van der Waals surface area contributed by atoms with Gasteiger partial charge in [0.1, 0.15) is 0 Å². The Morgan fingerprint density at radius 2 is 2.00 bits per heavy atom. The van der Waals surface area contributed by atoms with E-state index in [1.54, 1.807) is 18.2 Å². The minimum Gasteiger partial charge on any atom is -0.481 e. The van der Waals surface area contributed by atoms with Gasteiger partial charge in [0, 0.05) is 23.7 Å². The molecule has 6 heteroatoms. The summed E-state index contributed by atoms with van der Waals surface area (Å²) in [5, 5.41) is 20.0. The van der Waals surface area contributed by atoms with Crippen molar-refractivity contribution in [2.45, 2.75) is 39.3 Å². The third-order valence-corrected chi connectivity index (χ3v) is 3.48. The molecule has 0 aliphatic rings. The number of carbonyl (C=O) groups is 1. The lowest BCUT2D eigenvalue weighted by atomic mass is 10.0. The standard InChI is InChI=1S/C14H20N2O4/c1-4-15(10(2)9-14(17)18)11(3)12-7-5-6-8-13(12)16(19)20/h5-8,10-11H,4,9H2,1-3H3,(H,17,18). The van der Waals surface area contributed by atoms with Crippen molar-refractivity contribution in [2.75, 3.05) is 6.54 Å². The summed E-state index contributed by atoms with van der Waals surface area (Å²) in [5.74, 6) is -0.870. The SMILES string of the molecule is CCN(C(C)CC(=O)O)C(C)c1ccccc1[N+](=O)[O-]. The van der Waals surface area contributed by atoms with Crippen LogP contribution in [0.5, 0.6) is 0 Å². The summed E-state index contributed by atoms with van der Waals surface area (Å²) in [6.07, 6.45) is 0.0127. The van der Waals surface area contributed by atoms with Crippen LogP contribution in [0.1, 0.15) is 38.8 Å². The van der Waals surface area contributed by atoms with Crippen LogP contribution < -0.4 is 0 Å². The van der Waals surface area contributed by atoms with Crippen molar-refractivity contribution in [3.63, 3.8) is 0 Å². The number of nitro benzene ring substituents is 1. The van der Waals surface area contributed by atoms with Gasteiger partial charge in [-0.25, -0.2) is 0 Å². The molecular formula is C14H20N2O4. The van der Waals surface area contributed by atoms with E-state index in [2.05, 4.69) is 0 Å². The molecule has 0 amide bonds. The number of hydrogen-bond donors (Lipinski definition) is 1. The Balaban J connectivity index is 3.05. The van der Waals surface area contributed by atoms with E-state index in [0.717, 1.165) is 0 Å². The van der Waals surface area contributed by atoms with Gasteiger partial charge in [-0.3, -0.25) is 19.8 Å². The maximum atomic E-state index is 11.1. The third-order valence-electron chi connectivity index (χ3n) is 3.48. The van der Waals surface area contributed by atoms with Crippen molar-refractivity contribution in [3.05, 3.63) is 39.9 Å². The van der Waals surface area contributed by atoms with Crippen LogP contribution in [0.3, 0.4) is 0 Å². The number of carboxylic acids is 1. The fraction of sp³-hybridized carbons (Fsp3) is 0.500. The molecule has 0 saturated heterocycles. The molecule has 0 aliphatic heterocycles. The topological polar surface area (TPSA) is 83.7 Å². The summed E-state index contributed by atoms with van der Waals surface area (Å²) in [6, 6.07) is 6.18. The van der Waals surface area contributed by atoms with E-state index in [4.69, 9.17) is 5.11 Å². The number of aliphatic carboxylic acids is 1. The van der Waals surface area contributed by atoms with Gasteiger partial charge in [-0.2, -0.15) is 0 Å². The molecular weight excluding hydrogens is 260 g/mol. The van der Waals surface area contributed by atoms with E-state index in [1.165, 1.54) is 6.07 Å². The number of hydrogen-bond acceptors (Lipinski definition) is 4. The molecule has 1 N–H and O–H groups in total. The summed E-state index contributed by atoms with van der Waals surface area (Å²) in [6.45, 7) is 6.23. The second kappa shape index (κ2) is 7.00. The smallest absolute Gasteiger partial charge is 0.304 e. The van der Waals surface area contributed by atoms with Crippen molar-refractivity contribution >= 4 is 11.7 Å². The van der Waals surface area contributed by atoms with Crippen molar-refractivity contribution < 1.29 is 14.8 Å². The van der Waals surface area contributed by atoms with Gasteiger partial charge in [-0.1, -0.05) is 25.1 Å². The molecule has 0 fully saturated rings. The van der Waals surface area contributed by atoms with Crippen LogP contribution in [-0.2, 0) is 4.79 Å². The Morgan fingerprint density at radius 3 is 2.50 bits per heavy atom. The van der Waals surface area contributed by atoms with Crippen molar-refractivity contribution in [1.82, 2.24) is 4.90 Å². The summed E-state index contributed by atoms with van der Waals surface area (Å²) < 4.78 is 0. The van der Waals surface area contributed by atoms with Gasteiger partial charge >= 0.3 is 5.97 Å². The molecule has 2 unspecified atom stereocenters. The van der Waals surface area contributed by atoms with E-state index in [1.807, 2.05) is 25.7 Å². The van der Waals surface area contributed by atoms with Gasteiger partial charge in [0.2, 0.25) is 0 Å². The highest BCUT2D eigenvalue weighted by Crippen LogP contribution is 2.30. The quantitative estimate of drug-likeness (QED) is 0.613. The largest absolute Gasteiger partial charge is 0.481 e. The second-order valence-electron chi connectivity index (χ2n) is 4.77. The first-order valence-electron chi connectivity index (χ1n) is 6.59. The molecule has 0 saturated carbocycles. The average Bonchev–Trinajstić information content (AvgIpc) is 2.38. The molecule has 0 spiro atoms. The zero-order chi connectivity index (χ0) is 15.3. The molecule has 20 heavy (non-hydrogen) atoms. The van der Waals surface area contributed by atoms with Crippen LogP contribution >= 0.6 is 0 Å². The lowest BCUT2D eigenvalue weighted by Gasteiger charge is -2.32. The first kappa shape index (κ1) is 16.1. The van der Waals surface area contributed by atoms with Crippen LogP contribution in [0, 0.1) is 10.1 Å². The lowest BCUT2D eigenvalue weighted by molar-refractivity contribution is -0.386. The second-order valence-corrected chi connectivity index (χ2v) is 4.77. The summed E-state index contributed by atoms with van der Waals surface area (Å²) >= 11 is 0. The molecule has 0 bridgehead atoms. The predicted molar refractivity (Wildman–Crippen MR) is 75.6 cm³/mol. The van der Waals surface area contributed by atoms with Crippen molar-refractivity contribution in [1.29, 1.82) is 0 Å². The van der Waals surface area contributed by atoms with Gasteiger partial charge < -0.3 is 5.11 Å². The molecule has 0 radical (unpaired) electrons. The summed E-state index contributed by atoms with van der Waals surface area (Å²) in [4.78, 5) is 23.5. The van der Waals surface area contributed by atoms with Gasteiger partial charge in [0.25, 0.3) is 5.69 Å². The highest BCUT2D eigenvalue weighted by atomic mass is 16.6. The van der Waals surface area contributed by atoms with Gasteiger partial charge in [0.05, 0.1) is 11.3 Å². The van der Waals surface area contributed by atoms with Crippen LogP contribution in [0.2, 0.25) is 0 Å². The van der Waals surface area contributed by atoms with Gasteiger partial charge in [-0.05, 0) is 20.4 Å². The van der Waals surface area contributed by atoms with Crippen LogP contribution in [0.25, 0.3) is 0 Å². The van der Waals surface area contributed by atoms with E-state index in [-0.39, 0.29) is 24.2 Å². The van der Waals surface area contributed by atoms with Gasteiger partial charge in [0.15, 0.2) is 0 Å². The summed E-state index contributed by atoms with van der Waals surface area (Å²) in [7, 11) is 0.